The molecule has 0 amide bonds. The minimum atomic E-state index is -1.37. The lowest BCUT2D eigenvalue weighted by atomic mass is 9.77. The Morgan fingerprint density at radius 1 is 1.72 bits per heavy atom. The summed E-state index contributed by atoms with van der Waals surface area (Å²) in [6.45, 7) is 5.55. The van der Waals surface area contributed by atoms with Crippen LogP contribution in [0.3, 0.4) is 0 Å². The average molecular weight is 333 g/mol. The Morgan fingerprint density at radius 3 is 3.11 bits per heavy atom. The van der Waals surface area contributed by atoms with Crippen molar-refractivity contribution in [3.05, 3.63) is 46.7 Å². The van der Waals surface area contributed by atoms with Crippen LogP contribution in [0.5, 0.6) is 0 Å². The molecular formula is C13H14BrFO2S. The number of benzene rings is 1. The van der Waals surface area contributed by atoms with Gasteiger partial charge in [-0.25, -0.2) is 8.60 Å². The number of rotatable bonds is 3. The first-order valence-electron chi connectivity index (χ1n) is 5.59. The smallest absolute Gasteiger partial charge is 0.156 e. The van der Waals surface area contributed by atoms with Crippen LogP contribution in [0.4, 0.5) is 4.39 Å². The molecular weight excluding hydrogens is 319 g/mol. The number of halogens is 2. The van der Waals surface area contributed by atoms with E-state index in [1.807, 2.05) is 6.92 Å². The van der Waals surface area contributed by atoms with Gasteiger partial charge >= 0.3 is 0 Å². The van der Waals surface area contributed by atoms with Crippen molar-refractivity contribution in [1.29, 1.82) is 0 Å². The second kappa shape index (κ2) is 5.23. The normalized spacial score (nSPS) is 31.5. The maximum Gasteiger partial charge on any atom is 0.156 e. The van der Waals surface area contributed by atoms with Crippen LogP contribution in [0.15, 0.2) is 35.3 Å². The van der Waals surface area contributed by atoms with Gasteiger partial charge in [-0.3, -0.25) is 4.18 Å². The highest BCUT2D eigenvalue weighted by Gasteiger charge is 2.46. The number of hydrogen-bond donors (Lipinski definition) is 0. The molecule has 1 saturated heterocycles. The summed E-state index contributed by atoms with van der Waals surface area (Å²) < 4.78 is 31.8. The van der Waals surface area contributed by atoms with Crippen molar-refractivity contribution in [2.75, 3.05) is 5.75 Å². The standard InChI is InChI=1S/C13H14BrFO2S/c1-3-4-12-13(2,8-18(16)17-12)10-7-9(14)5-6-11(10)15/h3,5-7,12H,1,4,8H2,2H3/t12?,13-,18?/m1/s1. The zero-order valence-electron chi connectivity index (χ0n) is 9.99. The molecule has 3 atom stereocenters. The maximum atomic E-state index is 14.0. The van der Waals surface area contributed by atoms with Crippen molar-refractivity contribution in [3.63, 3.8) is 0 Å². The molecule has 2 nitrogen and oxygen atoms in total. The van der Waals surface area contributed by atoms with Crippen LogP contribution in [-0.4, -0.2) is 16.1 Å². The molecule has 1 fully saturated rings. The summed E-state index contributed by atoms with van der Waals surface area (Å²) in [5.74, 6) is 0.0102. The van der Waals surface area contributed by atoms with Crippen LogP contribution in [0.2, 0.25) is 0 Å². The summed E-state index contributed by atoms with van der Waals surface area (Å²) in [7, 11) is 0. The third kappa shape index (κ3) is 2.44. The maximum absolute atomic E-state index is 14.0. The summed E-state index contributed by atoms with van der Waals surface area (Å²) in [5.41, 5.74) is -0.0537. The van der Waals surface area contributed by atoms with Gasteiger partial charge in [0.2, 0.25) is 0 Å². The van der Waals surface area contributed by atoms with E-state index in [0.717, 1.165) is 4.47 Å². The molecule has 0 N–H and O–H groups in total. The highest BCUT2D eigenvalue weighted by Crippen LogP contribution is 2.40. The lowest BCUT2D eigenvalue weighted by molar-refractivity contribution is 0.179. The van der Waals surface area contributed by atoms with Crippen LogP contribution >= 0.6 is 15.9 Å². The van der Waals surface area contributed by atoms with Gasteiger partial charge in [0, 0.05) is 9.89 Å². The van der Waals surface area contributed by atoms with E-state index in [0.29, 0.717) is 17.7 Å². The summed E-state index contributed by atoms with van der Waals surface area (Å²) in [5, 5.41) is 0. The van der Waals surface area contributed by atoms with Crippen molar-refractivity contribution < 1.29 is 12.8 Å². The first kappa shape index (κ1) is 13.9. The third-order valence-corrected chi connectivity index (χ3v) is 5.05. The van der Waals surface area contributed by atoms with E-state index in [-0.39, 0.29) is 11.9 Å². The van der Waals surface area contributed by atoms with Crippen LogP contribution in [0.25, 0.3) is 0 Å². The summed E-state index contributed by atoms with van der Waals surface area (Å²) in [6.07, 6.45) is 1.95. The van der Waals surface area contributed by atoms with E-state index in [1.54, 1.807) is 18.2 Å². The van der Waals surface area contributed by atoms with Crippen molar-refractivity contribution in [2.45, 2.75) is 24.9 Å². The summed E-state index contributed by atoms with van der Waals surface area (Å²) in [6, 6.07) is 4.80. The minimum absolute atomic E-state index is 0.294. The lowest BCUT2D eigenvalue weighted by Gasteiger charge is -2.28. The largest absolute Gasteiger partial charge is 0.286 e. The minimum Gasteiger partial charge on any atom is -0.286 e. The zero-order valence-corrected chi connectivity index (χ0v) is 12.4. The van der Waals surface area contributed by atoms with Gasteiger partial charge in [-0.1, -0.05) is 28.9 Å². The molecule has 0 radical (unpaired) electrons. The lowest BCUT2D eigenvalue weighted by Crippen LogP contribution is -2.35. The highest BCUT2D eigenvalue weighted by atomic mass is 79.9. The van der Waals surface area contributed by atoms with Gasteiger partial charge in [0.25, 0.3) is 0 Å². The molecule has 2 rings (SSSR count). The van der Waals surface area contributed by atoms with E-state index < -0.39 is 16.5 Å². The van der Waals surface area contributed by atoms with Gasteiger partial charge < -0.3 is 0 Å². The monoisotopic (exact) mass is 332 g/mol. The molecule has 1 aromatic carbocycles. The Bertz CT molecular complexity index is 506. The highest BCUT2D eigenvalue weighted by molar-refractivity contribution is 9.10. The van der Waals surface area contributed by atoms with Gasteiger partial charge in [-0.15, -0.1) is 6.58 Å². The first-order valence-corrected chi connectivity index (χ1v) is 7.63. The fraction of sp³-hybridized carbons (Fsp3) is 0.385. The molecule has 18 heavy (non-hydrogen) atoms. The molecule has 2 unspecified atom stereocenters. The van der Waals surface area contributed by atoms with Gasteiger partial charge in [0.15, 0.2) is 11.1 Å². The summed E-state index contributed by atoms with van der Waals surface area (Å²) in [4.78, 5) is 0. The predicted molar refractivity (Wildman–Crippen MR) is 74.1 cm³/mol. The van der Waals surface area contributed by atoms with E-state index in [1.165, 1.54) is 6.07 Å². The summed E-state index contributed by atoms with van der Waals surface area (Å²) >= 11 is 1.97. The second-order valence-electron chi connectivity index (χ2n) is 4.60. The van der Waals surface area contributed by atoms with Crippen LogP contribution in [0, 0.1) is 5.82 Å². The predicted octanol–water partition coefficient (Wildman–Crippen LogP) is 3.48. The SMILES string of the molecule is C=CCC1OS(=O)C[C@]1(C)c1cc(Br)ccc1F. The molecule has 1 aliphatic heterocycles. The molecule has 0 saturated carbocycles. The quantitative estimate of drug-likeness (QED) is 0.792. The van der Waals surface area contributed by atoms with Crippen molar-refractivity contribution >= 4 is 27.0 Å². The fourth-order valence-corrected chi connectivity index (χ4v) is 4.05. The number of hydrogen-bond acceptors (Lipinski definition) is 2. The van der Waals surface area contributed by atoms with Crippen molar-refractivity contribution in [2.24, 2.45) is 0 Å². The van der Waals surface area contributed by atoms with E-state index in [4.69, 9.17) is 4.18 Å². The molecule has 0 aliphatic carbocycles. The topological polar surface area (TPSA) is 26.3 Å². The van der Waals surface area contributed by atoms with E-state index in [9.17, 15) is 8.60 Å². The Balaban J connectivity index is 2.48. The Hall–Kier alpha value is -0.520. The molecule has 0 bridgehead atoms. The van der Waals surface area contributed by atoms with Gasteiger partial charge in [0.05, 0.1) is 11.9 Å². The van der Waals surface area contributed by atoms with Crippen LogP contribution < -0.4 is 0 Å². The fourth-order valence-electron chi connectivity index (χ4n) is 2.24. The van der Waals surface area contributed by atoms with E-state index >= 15 is 0 Å². The molecule has 0 aromatic heterocycles. The molecule has 98 valence electrons. The Labute approximate surface area is 117 Å². The third-order valence-electron chi connectivity index (χ3n) is 3.28. The van der Waals surface area contributed by atoms with Gasteiger partial charge in [0.1, 0.15) is 5.82 Å². The average Bonchev–Trinajstić information content (AvgIpc) is 2.59. The van der Waals surface area contributed by atoms with Gasteiger partial charge in [-0.05, 0) is 30.2 Å². The van der Waals surface area contributed by atoms with Crippen molar-refractivity contribution in [3.8, 4) is 0 Å². The zero-order chi connectivity index (χ0) is 13.3. The Morgan fingerprint density at radius 2 is 2.44 bits per heavy atom. The van der Waals surface area contributed by atoms with Gasteiger partial charge in [-0.2, -0.15) is 0 Å². The Kier molecular flexibility index (Phi) is 4.04. The molecule has 1 aliphatic rings. The molecule has 0 spiro atoms. The molecule has 1 heterocycles. The van der Waals surface area contributed by atoms with Crippen LogP contribution in [0.1, 0.15) is 18.9 Å². The molecule has 1 aromatic rings. The van der Waals surface area contributed by atoms with E-state index in [2.05, 4.69) is 22.5 Å². The van der Waals surface area contributed by atoms with Crippen LogP contribution in [-0.2, 0) is 20.7 Å². The van der Waals surface area contributed by atoms with Crippen molar-refractivity contribution in [1.82, 2.24) is 0 Å². The first-order chi connectivity index (χ1) is 8.47. The second-order valence-corrected chi connectivity index (χ2v) is 6.60. The molecule has 5 heteroatoms.